The number of halogens is 1. The molecule has 2 saturated heterocycles. The molecule has 0 spiro atoms. The standard InChI is InChI=1S/C22H35FN4O15P2S/c1-8-9(2)18(38-11(4)29)21(40-17(8)13(23)6-36-10(3)28)41-43(33,34)42-44(35,45)37-7-14-15(30)16(31)19(39-14)12-5-26-27(20(12)24)22(25)32/h5,8-9,13-19,21,30-31H,6-7,24H2,1-4H3,(H2,25,32)(H,33,34)(H,35,45)/t8-,9-,13-,14+,15?,16-,17?,18?,19-,21-,44?/m0/s1. The number of amides is 1. The van der Waals surface area contributed by atoms with Crippen molar-refractivity contribution in [3.05, 3.63) is 11.8 Å². The van der Waals surface area contributed by atoms with Gasteiger partial charge in [-0.25, -0.2) is 18.1 Å². The maximum Gasteiger partial charge on any atom is 0.481 e. The zero-order valence-corrected chi connectivity index (χ0v) is 26.9. The molecule has 0 radical (unpaired) electrons. The van der Waals surface area contributed by atoms with E-state index in [1.165, 1.54) is 6.92 Å². The van der Waals surface area contributed by atoms with Gasteiger partial charge in [-0.2, -0.15) is 9.78 Å². The molecule has 256 valence electrons. The fourth-order valence-electron chi connectivity index (χ4n) is 4.73. The number of aliphatic hydroxyl groups excluding tert-OH is 2. The number of hydrogen-bond acceptors (Lipinski definition) is 16. The molecule has 3 rings (SSSR count). The summed E-state index contributed by atoms with van der Waals surface area (Å²) in [5.41, 5.74) is 10.9. The first-order valence-electron chi connectivity index (χ1n) is 13.2. The van der Waals surface area contributed by atoms with Crippen molar-refractivity contribution in [1.29, 1.82) is 0 Å². The van der Waals surface area contributed by atoms with Gasteiger partial charge in [0.15, 0.2) is 12.3 Å². The molecule has 45 heavy (non-hydrogen) atoms. The Kier molecular flexibility index (Phi) is 12.2. The number of nitrogens with zero attached hydrogens (tertiary/aromatic N) is 2. The van der Waals surface area contributed by atoms with E-state index in [-0.39, 0.29) is 11.4 Å². The largest absolute Gasteiger partial charge is 0.481 e. The number of primary amides is 1. The van der Waals surface area contributed by atoms with Crippen LogP contribution in [0.25, 0.3) is 0 Å². The van der Waals surface area contributed by atoms with Crippen LogP contribution in [-0.4, -0.2) is 104 Å². The van der Waals surface area contributed by atoms with Crippen molar-refractivity contribution in [2.45, 2.75) is 76.8 Å². The number of hydrogen-bond donors (Lipinski definition) is 6. The molecule has 23 heteroatoms. The van der Waals surface area contributed by atoms with E-state index in [0.29, 0.717) is 4.68 Å². The molecule has 0 bridgehead atoms. The van der Waals surface area contributed by atoms with Crippen LogP contribution in [0.4, 0.5) is 15.0 Å². The lowest BCUT2D eigenvalue weighted by Crippen LogP contribution is -2.55. The van der Waals surface area contributed by atoms with E-state index in [9.17, 15) is 43.3 Å². The minimum atomic E-state index is -5.44. The van der Waals surface area contributed by atoms with Crippen LogP contribution in [0.3, 0.4) is 0 Å². The van der Waals surface area contributed by atoms with Gasteiger partial charge < -0.3 is 54.9 Å². The van der Waals surface area contributed by atoms with Gasteiger partial charge >= 0.3 is 32.5 Å². The normalized spacial score (nSPS) is 33.5. The molecule has 2 aliphatic heterocycles. The van der Waals surface area contributed by atoms with Gasteiger partial charge in [-0.05, 0) is 17.7 Å². The number of phosphoric ester groups is 1. The number of phosphoric acid groups is 1. The molecule has 1 aromatic rings. The van der Waals surface area contributed by atoms with Gasteiger partial charge in [0, 0.05) is 25.3 Å². The van der Waals surface area contributed by atoms with Crippen molar-refractivity contribution < 1.29 is 75.6 Å². The summed E-state index contributed by atoms with van der Waals surface area (Å²) < 4.78 is 64.2. The van der Waals surface area contributed by atoms with Gasteiger partial charge in [0.05, 0.1) is 18.9 Å². The molecule has 0 aliphatic carbocycles. The third kappa shape index (κ3) is 9.24. The molecule has 5 unspecified atom stereocenters. The first-order chi connectivity index (χ1) is 20.7. The van der Waals surface area contributed by atoms with Crippen LogP contribution in [-0.2, 0) is 58.3 Å². The van der Waals surface area contributed by atoms with E-state index in [2.05, 4.69) is 14.1 Å². The van der Waals surface area contributed by atoms with E-state index in [1.54, 1.807) is 6.92 Å². The minimum absolute atomic E-state index is 0.00386. The quantitative estimate of drug-likeness (QED) is 0.121. The molecule has 12 atom stereocenters. The highest BCUT2D eigenvalue weighted by atomic mass is 32.5. The summed E-state index contributed by atoms with van der Waals surface area (Å²) in [4.78, 5) is 55.2. The maximum absolute atomic E-state index is 15.0. The number of rotatable bonds is 12. The Bertz CT molecular complexity index is 1360. The number of ether oxygens (including phenoxy) is 4. The Balaban J connectivity index is 1.69. The molecular formula is C22H35FN4O15P2S. The van der Waals surface area contributed by atoms with Crippen LogP contribution in [0.2, 0.25) is 0 Å². The van der Waals surface area contributed by atoms with Crippen molar-refractivity contribution in [2.75, 3.05) is 18.9 Å². The number of nitrogens with two attached hydrogens (primary N) is 2. The second-order valence-electron chi connectivity index (χ2n) is 10.3. The van der Waals surface area contributed by atoms with Gasteiger partial charge in [-0.3, -0.25) is 14.1 Å². The molecule has 0 saturated carbocycles. The predicted molar refractivity (Wildman–Crippen MR) is 150 cm³/mol. The number of carbonyl (C=O) groups is 3. The molecule has 1 amide bonds. The first kappa shape index (κ1) is 37.3. The lowest BCUT2D eigenvalue weighted by atomic mass is 9.82. The molecule has 1 aromatic heterocycles. The second kappa shape index (κ2) is 14.7. The zero-order valence-electron chi connectivity index (χ0n) is 24.3. The topological polar surface area (TPSA) is 284 Å². The van der Waals surface area contributed by atoms with Crippen molar-refractivity contribution in [3.8, 4) is 0 Å². The van der Waals surface area contributed by atoms with Crippen molar-refractivity contribution in [1.82, 2.24) is 9.78 Å². The number of aromatic nitrogens is 2. The van der Waals surface area contributed by atoms with Crippen LogP contribution in [0.5, 0.6) is 0 Å². The summed E-state index contributed by atoms with van der Waals surface area (Å²) in [6, 6.07) is -1.02. The third-order valence-corrected chi connectivity index (χ3v) is 10.6. The SMILES string of the molecule is CC(=O)OC[C@H](F)C1O[C@@H](OP(=O)(O)OP(O)(=S)OC[C@H]2O[C@@H](c3cnn(C(N)=O)c3N)[C@@H](O)C2O)C(OC(C)=O)[C@@H](C)[C@@H]1C. The van der Waals surface area contributed by atoms with Crippen molar-refractivity contribution in [2.24, 2.45) is 17.6 Å². The fraction of sp³-hybridized carbons (Fsp3) is 0.727. The number of carbonyl (C=O) groups excluding carboxylic acids is 3. The lowest BCUT2D eigenvalue weighted by Gasteiger charge is -2.44. The Morgan fingerprint density at radius 3 is 2.36 bits per heavy atom. The fourth-order valence-corrected chi connectivity index (χ4v) is 7.82. The Labute approximate surface area is 260 Å². The molecule has 8 N–H and O–H groups in total. The Hall–Kier alpha value is -2.13. The second-order valence-corrected chi connectivity index (χ2v) is 14.7. The number of anilines is 1. The number of esters is 2. The van der Waals surface area contributed by atoms with Crippen LogP contribution in [0.1, 0.15) is 39.4 Å². The summed E-state index contributed by atoms with van der Waals surface area (Å²) in [5, 5.41) is 24.5. The highest BCUT2D eigenvalue weighted by Crippen LogP contribution is 2.62. The molecule has 2 aliphatic rings. The smallest absolute Gasteiger partial charge is 0.463 e. The minimum Gasteiger partial charge on any atom is -0.463 e. The molecular weight excluding hydrogens is 673 g/mol. The van der Waals surface area contributed by atoms with E-state index in [1.807, 2.05) is 0 Å². The van der Waals surface area contributed by atoms with Gasteiger partial charge in [-0.1, -0.05) is 13.8 Å². The predicted octanol–water partition coefficient (Wildman–Crippen LogP) is -0.249. The molecule has 0 aromatic carbocycles. The monoisotopic (exact) mass is 708 g/mol. The zero-order chi connectivity index (χ0) is 34.0. The average Bonchev–Trinajstić information content (AvgIpc) is 3.43. The lowest BCUT2D eigenvalue weighted by molar-refractivity contribution is -0.262. The number of alkyl halides is 1. The van der Waals surface area contributed by atoms with Crippen LogP contribution < -0.4 is 11.5 Å². The molecule has 3 heterocycles. The Morgan fingerprint density at radius 2 is 1.80 bits per heavy atom. The summed E-state index contributed by atoms with van der Waals surface area (Å²) in [5.74, 6) is -3.27. The number of nitrogen functional groups attached to an aromatic ring is 1. The van der Waals surface area contributed by atoms with Crippen molar-refractivity contribution in [3.63, 3.8) is 0 Å². The Morgan fingerprint density at radius 1 is 1.16 bits per heavy atom. The molecule has 2 fully saturated rings. The van der Waals surface area contributed by atoms with Gasteiger partial charge in [0.2, 0.25) is 6.29 Å². The summed E-state index contributed by atoms with van der Waals surface area (Å²) >= 11 is 4.79. The van der Waals surface area contributed by atoms with Crippen LogP contribution >= 0.6 is 14.5 Å². The summed E-state index contributed by atoms with van der Waals surface area (Å²) in [6.07, 6.45) is -11.5. The molecule has 19 nitrogen and oxygen atoms in total. The van der Waals surface area contributed by atoms with E-state index in [4.69, 9.17) is 46.5 Å². The van der Waals surface area contributed by atoms with E-state index >= 15 is 0 Å². The maximum atomic E-state index is 15.0. The van der Waals surface area contributed by atoms with E-state index in [0.717, 1.165) is 20.0 Å². The van der Waals surface area contributed by atoms with Gasteiger partial charge in [-0.15, -0.1) is 0 Å². The highest BCUT2D eigenvalue weighted by Gasteiger charge is 2.51. The summed E-state index contributed by atoms with van der Waals surface area (Å²) in [7, 11) is -5.44. The van der Waals surface area contributed by atoms with Crippen LogP contribution in [0.15, 0.2) is 6.20 Å². The summed E-state index contributed by atoms with van der Waals surface area (Å²) in [6.45, 7) is -0.984. The first-order valence-corrected chi connectivity index (χ1v) is 17.3. The number of aliphatic hydroxyl groups is 2. The van der Waals surface area contributed by atoms with Crippen molar-refractivity contribution >= 4 is 50.1 Å². The van der Waals surface area contributed by atoms with Crippen LogP contribution in [0, 0.1) is 11.8 Å². The average molecular weight is 709 g/mol. The van der Waals surface area contributed by atoms with Gasteiger partial charge in [0.1, 0.15) is 36.8 Å². The van der Waals surface area contributed by atoms with E-state index < -0.39 is 107 Å². The highest BCUT2D eigenvalue weighted by molar-refractivity contribution is 8.08. The third-order valence-electron chi connectivity index (χ3n) is 7.09. The van der Waals surface area contributed by atoms with Gasteiger partial charge in [0.25, 0.3) is 0 Å².